The third-order valence-electron chi connectivity index (χ3n) is 15.9. The normalized spacial score (nSPS) is 12.9. The lowest BCUT2D eigenvalue weighted by molar-refractivity contribution is -0.870. The number of carboxylic acids is 1. The molecule has 0 heterocycles. The van der Waals surface area contributed by atoms with Crippen LogP contribution in [0, 0.1) is 0 Å². The Kier molecular flexibility index (Phi) is 61.6. The number of carboxylic acid groups (broad SMARTS) is 1. The molecule has 0 bridgehead atoms. The van der Waals surface area contributed by atoms with Crippen molar-refractivity contribution in [1.29, 1.82) is 0 Å². The first kappa shape index (κ1) is 78.5. The standard InChI is InChI=1S/C72H135NO8/c1-6-8-10-12-14-16-18-20-22-24-26-28-30-32-33-34-35-36-37-39-40-42-44-46-48-50-52-54-56-58-60-62-69(74)79-66-68(67-80-72(71(76)77)78-65-64-73(3,4)5)81-70(75)63-61-59-57-55-53-51-49-47-45-43-41-38-31-29-27-25-23-21-19-17-15-13-11-9-7-2/h19,21,25,27,31,38,68,72H,6-18,20,22-24,26,28-30,32-37,39-67H2,1-5H3/b21-19-,27-25-,38-31-. The van der Waals surface area contributed by atoms with Crippen molar-refractivity contribution in [2.75, 3.05) is 47.5 Å². The van der Waals surface area contributed by atoms with Crippen LogP contribution in [0.4, 0.5) is 0 Å². The average Bonchev–Trinajstić information content (AvgIpc) is 3.44. The van der Waals surface area contributed by atoms with E-state index in [2.05, 4.69) is 50.3 Å². The highest BCUT2D eigenvalue weighted by molar-refractivity contribution is 5.70. The molecule has 9 nitrogen and oxygen atoms in total. The monoisotopic (exact) mass is 1140 g/mol. The molecule has 0 aliphatic carbocycles. The van der Waals surface area contributed by atoms with Crippen LogP contribution in [0.2, 0.25) is 0 Å². The van der Waals surface area contributed by atoms with E-state index in [0.717, 1.165) is 51.4 Å². The van der Waals surface area contributed by atoms with Gasteiger partial charge in [-0.2, -0.15) is 0 Å². The summed E-state index contributed by atoms with van der Waals surface area (Å²) in [7, 11) is 5.94. The Morgan fingerprint density at radius 3 is 0.988 bits per heavy atom. The number of allylic oxidation sites excluding steroid dienone is 6. The smallest absolute Gasteiger partial charge is 0.306 e. The van der Waals surface area contributed by atoms with Crippen molar-refractivity contribution < 1.29 is 42.9 Å². The van der Waals surface area contributed by atoms with E-state index in [1.807, 2.05) is 21.1 Å². The van der Waals surface area contributed by atoms with Crippen LogP contribution in [0.1, 0.15) is 348 Å². The highest BCUT2D eigenvalue weighted by Gasteiger charge is 2.22. The van der Waals surface area contributed by atoms with Crippen molar-refractivity contribution in [1.82, 2.24) is 0 Å². The number of carbonyl (C=O) groups excluding carboxylic acids is 3. The Hall–Kier alpha value is -2.49. The lowest BCUT2D eigenvalue weighted by atomic mass is 10.0. The second-order valence-electron chi connectivity index (χ2n) is 25.2. The molecule has 0 amide bonds. The Labute approximate surface area is 502 Å². The number of carbonyl (C=O) groups is 3. The molecule has 0 radical (unpaired) electrons. The molecule has 0 aliphatic rings. The van der Waals surface area contributed by atoms with E-state index in [4.69, 9.17) is 18.9 Å². The van der Waals surface area contributed by atoms with Crippen LogP contribution in [-0.2, 0) is 33.3 Å². The molecule has 2 unspecified atom stereocenters. The average molecular weight is 1140 g/mol. The molecular weight excluding hydrogens is 1010 g/mol. The van der Waals surface area contributed by atoms with Crippen LogP contribution in [0.25, 0.3) is 0 Å². The van der Waals surface area contributed by atoms with Gasteiger partial charge in [0.2, 0.25) is 0 Å². The van der Waals surface area contributed by atoms with Gasteiger partial charge in [0, 0.05) is 12.8 Å². The maximum atomic E-state index is 12.9. The van der Waals surface area contributed by atoms with E-state index in [1.165, 1.54) is 263 Å². The van der Waals surface area contributed by atoms with Crippen LogP contribution in [0.5, 0.6) is 0 Å². The fourth-order valence-corrected chi connectivity index (χ4v) is 10.5. The van der Waals surface area contributed by atoms with E-state index in [1.54, 1.807) is 0 Å². The molecule has 81 heavy (non-hydrogen) atoms. The van der Waals surface area contributed by atoms with Gasteiger partial charge >= 0.3 is 11.9 Å². The largest absolute Gasteiger partial charge is 0.545 e. The van der Waals surface area contributed by atoms with Gasteiger partial charge in [0.25, 0.3) is 0 Å². The van der Waals surface area contributed by atoms with E-state index in [9.17, 15) is 19.5 Å². The van der Waals surface area contributed by atoms with Gasteiger partial charge in [0.15, 0.2) is 12.4 Å². The molecule has 0 spiro atoms. The van der Waals surface area contributed by atoms with Crippen LogP contribution < -0.4 is 5.11 Å². The number of rotatable bonds is 66. The molecular formula is C72H135NO8. The third-order valence-corrected chi connectivity index (χ3v) is 15.9. The van der Waals surface area contributed by atoms with Gasteiger partial charge in [-0.1, -0.05) is 320 Å². The van der Waals surface area contributed by atoms with Gasteiger partial charge < -0.3 is 33.3 Å². The van der Waals surface area contributed by atoms with E-state index in [0.29, 0.717) is 23.9 Å². The van der Waals surface area contributed by atoms with Gasteiger partial charge in [-0.05, 0) is 51.4 Å². The summed E-state index contributed by atoms with van der Waals surface area (Å²) in [6.45, 7) is 4.80. The summed E-state index contributed by atoms with van der Waals surface area (Å²) in [4.78, 5) is 37.5. The molecule has 0 aromatic heterocycles. The summed E-state index contributed by atoms with van der Waals surface area (Å²) < 4.78 is 22.8. The first-order valence-corrected chi connectivity index (χ1v) is 35.1. The first-order chi connectivity index (χ1) is 39.6. The molecule has 0 saturated carbocycles. The van der Waals surface area contributed by atoms with Crippen molar-refractivity contribution in [2.45, 2.75) is 360 Å². The maximum absolute atomic E-state index is 12.9. The zero-order valence-electron chi connectivity index (χ0n) is 54.4. The van der Waals surface area contributed by atoms with Crippen LogP contribution in [0.15, 0.2) is 36.5 Å². The summed E-state index contributed by atoms with van der Waals surface area (Å²) in [6, 6.07) is 0. The highest BCUT2D eigenvalue weighted by atomic mass is 16.7. The number of esters is 2. The van der Waals surface area contributed by atoms with Gasteiger partial charge in [-0.3, -0.25) is 9.59 Å². The van der Waals surface area contributed by atoms with Crippen LogP contribution in [0.3, 0.4) is 0 Å². The number of quaternary nitrogens is 1. The predicted molar refractivity (Wildman–Crippen MR) is 343 cm³/mol. The van der Waals surface area contributed by atoms with Gasteiger partial charge in [0.05, 0.1) is 40.3 Å². The second-order valence-corrected chi connectivity index (χ2v) is 25.2. The zero-order chi connectivity index (χ0) is 59.1. The van der Waals surface area contributed by atoms with E-state index in [-0.39, 0.29) is 32.2 Å². The van der Waals surface area contributed by atoms with Crippen LogP contribution in [-0.4, -0.2) is 82.3 Å². The molecule has 0 saturated heterocycles. The van der Waals surface area contributed by atoms with Crippen molar-refractivity contribution in [3.63, 3.8) is 0 Å². The fraction of sp³-hybridized carbons (Fsp3) is 0.875. The number of hydrogen-bond donors (Lipinski definition) is 0. The van der Waals surface area contributed by atoms with Crippen molar-refractivity contribution in [3.05, 3.63) is 36.5 Å². The number of hydrogen-bond acceptors (Lipinski definition) is 8. The molecule has 0 aromatic rings. The topological polar surface area (TPSA) is 111 Å². The zero-order valence-corrected chi connectivity index (χ0v) is 54.4. The fourth-order valence-electron chi connectivity index (χ4n) is 10.5. The lowest BCUT2D eigenvalue weighted by Crippen LogP contribution is -2.44. The number of likely N-dealkylation sites (N-methyl/N-ethyl adjacent to an activating group) is 1. The molecule has 2 atom stereocenters. The Balaban J connectivity index is 4.07. The Morgan fingerprint density at radius 2 is 0.667 bits per heavy atom. The van der Waals surface area contributed by atoms with Gasteiger partial charge in [0.1, 0.15) is 13.2 Å². The molecule has 9 heteroatoms. The maximum Gasteiger partial charge on any atom is 0.306 e. The molecule has 0 rings (SSSR count). The summed E-state index contributed by atoms with van der Waals surface area (Å²) >= 11 is 0. The van der Waals surface area contributed by atoms with E-state index < -0.39 is 24.3 Å². The quantitative estimate of drug-likeness (QED) is 0.0195. The Morgan fingerprint density at radius 1 is 0.370 bits per heavy atom. The molecule has 0 aliphatic heterocycles. The number of unbranched alkanes of at least 4 members (excludes halogenated alkanes) is 45. The minimum Gasteiger partial charge on any atom is -0.545 e. The lowest BCUT2D eigenvalue weighted by Gasteiger charge is -2.26. The van der Waals surface area contributed by atoms with Crippen LogP contribution >= 0.6 is 0 Å². The minimum absolute atomic E-state index is 0.149. The van der Waals surface area contributed by atoms with Crippen molar-refractivity contribution in [2.24, 2.45) is 0 Å². The summed E-state index contributed by atoms with van der Waals surface area (Å²) in [5, 5.41) is 11.8. The molecule has 476 valence electrons. The van der Waals surface area contributed by atoms with E-state index >= 15 is 0 Å². The van der Waals surface area contributed by atoms with Crippen molar-refractivity contribution in [3.8, 4) is 0 Å². The first-order valence-electron chi connectivity index (χ1n) is 35.1. The van der Waals surface area contributed by atoms with Crippen molar-refractivity contribution >= 4 is 17.9 Å². The third kappa shape index (κ3) is 64.9. The van der Waals surface area contributed by atoms with Gasteiger partial charge in [-0.25, -0.2) is 0 Å². The molecule has 0 N–H and O–H groups in total. The molecule has 0 aromatic carbocycles. The minimum atomic E-state index is -1.62. The number of ether oxygens (including phenoxy) is 4. The summed E-state index contributed by atoms with van der Waals surface area (Å²) in [5.41, 5.74) is 0. The second kappa shape index (κ2) is 63.5. The van der Waals surface area contributed by atoms with Gasteiger partial charge in [-0.15, -0.1) is 0 Å². The molecule has 0 fully saturated rings. The number of nitrogens with zero attached hydrogens (tertiary/aromatic N) is 1. The Bertz CT molecular complexity index is 1420. The number of aliphatic carboxylic acids is 1. The SMILES string of the molecule is CCCCCCC/C=C\C/C=C\C/C=C\CCCCCCCCCCCCC(=O)OC(COC(=O)CCCCCCCCCCCCCCCCCCCCCCCCCCCCCCCCC)COC(OCC[N+](C)(C)C)C(=O)[O-]. The highest BCUT2D eigenvalue weighted by Crippen LogP contribution is 2.19. The predicted octanol–water partition coefficient (Wildman–Crippen LogP) is 20.3. The summed E-state index contributed by atoms with van der Waals surface area (Å²) in [5.74, 6) is -2.26. The summed E-state index contributed by atoms with van der Waals surface area (Å²) in [6.07, 6.45) is 76.6.